The number of nitro groups is 1. The average Bonchev–Trinajstić information content (AvgIpc) is 2.62. The number of halogens is 1. The number of nitro benzene ring substituents is 1. The number of para-hydroxylation sites is 1. The zero-order valence-corrected chi connectivity index (χ0v) is 13.5. The van der Waals surface area contributed by atoms with E-state index >= 15 is 0 Å². The second kappa shape index (κ2) is 7.29. The molecule has 2 aromatic carbocycles. The second-order valence-electron chi connectivity index (χ2n) is 6.01. The van der Waals surface area contributed by atoms with Gasteiger partial charge < -0.3 is 10.2 Å². The van der Waals surface area contributed by atoms with Crippen LogP contribution >= 0.6 is 0 Å². The van der Waals surface area contributed by atoms with E-state index in [1.165, 1.54) is 30.3 Å². The molecule has 1 aliphatic heterocycles. The van der Waals surface area contributed by atoms with Gasteiger partial charge in [0.25, 0.3) is 11.6 Å². The number of rotatable bonds is 4. The van der Waals surface area contributed by atoms with Crippen molar-refractivity contribution in [2.45, 2.75) is 18.9 Å². The van der Waals surface area contributed by atoms with Crippen LogP contribution in [0.1, 0.15) is 23.2 Å². The Hall–Kier alpha value is -2.96. The predicted molar refractivity (Wildman–Crippen MR) is 92.2 cm³/mol. The summed E-state index contributed by atoms with van der Waals surface area (Å²) in [5.74, 6) is -0.762. The predicted octanol–water partition coefficient (Wildman–Crippen LogP) is 3.13. The van der Waals surface area contributed by atoms with Gasteiger partial charge in [0.1, 0.15) is 11.4 Å². The number of benzene rings is 2. The number of carbonyl (C=O) groups excluding carboxylic acids is 1. The van der Waals surface area contributed by atoms with Crippen LogP contribution in [0.4, 0.5) is 15.8 Å². The van der Waals surface area contributed by atoms with E-state index in [-0.39, 0.29) is 23.1 Å². The third-order valence-corrected chi connectivity index (χ3v) is 4.28. The van der Waals surface area contributed by atoms with E-state index < -0.39 is 10.8 Å². The maximum atomic E-state index is 13.4. The number of anilines is 1. The van der Waals surface area contributed by atoms with Crippen molar-refractivity contribution in [1.82, 2.24) is 5.32 Å². The van der Waals surface area contributed by atoms with Gasteiger partial charge in [-0.25, -0.2) is 4.39 Å². The molecule has 0 aromatic heterocycles. The number of hydrogen-bond donors (Lipinski definition) is 1. The number of nitrogens with zero attached hydrogens (tertiary/aromatic N) is 2. The molecule has 6 nitrogen and oxygen atoms in total. The lowest BCUT2D eigenvalue weighted by molar-refractivity contribution is -0.385. The molecule has 1 atom stereocenters. The fourth-order valence-electron chi connectivity index (χ4n) is 3.09. The van der Waals surface area contributed by atoms with Crippen LogP contribution in [0.2, 0.25) is 0 Å². The van der Waals surface area contributed by atoms with Gasteiger partial charge in [-0.2, -0.15) is 0 Å². The first-order valence-electron chi connectivity index (χ1n) is 8.09. The summed E-state index contributed by atoms with van der Waals surface area (Å²) in [6.45, 7) is 1.32. The molecule has 0 bridgehead atoms. The van der Waals surface area contributed by atoms with Crippen LogP contribution in [-0.4, -0.2) is 30.0 Å². The van der Waals surface area contributed by atoms with Crippen molar-refractivity contribution < 1.29 is 14.1 Å². The number of amides is 1. The van der Waals surface area contributed by atoms with Crippen LogP contribution in [0.5, 0.6) is 0 Å². The fourth-order valence-corrected chi connectivity index (χ4v) is 3.09. The van der Waals surface area contributed by atoms with E-state index in [2.05, 4.69) is 5.32 Å². The molecule has 0 spiro atoms. The Balaban J connectivity index is 1.71. The molecule has 7 heteroatoms. The summed E-state index contributed by atoms with van der Waals surface area (Å²) in [7, 11) is 0. The molecular formula is C18H18FN3O3. The lowest BCUT2D eigenvalue weighted by Crippen LogP contribution is -2.48. The highest BCUT2D eigenvalue weighted by Crippen LogP contribution is 2.22. The Labute approximate surface area is 144 Å². The lowest BCUT2D eigenvalue weighted by atomic mass is 10.0. The molecule has 0 aliphatic carbocycles. The minimum atomic E-state index is -0.561. The summed E-state index contributed by atoms with van der Waals surface area (Å²) in [6, 6.07) is 12.1. The molecule has 1 N–H and O–H groups in total. The summed E-state index contributed by atoms with van der Waals surface area (Å²) < 4.78 is 13.4. The molecule has 25 heavy (non-hydrogen) atoms. The molecule has 1 saturated heterocycles. The number of hydrogen-bond acceptors (Lipinski definition) is 4. The van der Waals surface area contributed by atoms with Gasteiger partial charge in [-0.1, -0.05) is 18.2 Å². The Morgan fingerprint density at radius 1 is 1.24 bits per heavy atom. The summed E-state index contributed by atoms with van der Waals surface area (Å²) in [5.41, 5.74) is 0.609. The van der Waals surface area contributed by atoms with Crippen molar-refractivity contribution in [3.05, 3.63) is 70.0 Å². The van der Waals surface area contributed by atoms with E-state index in [0.717, 1.165) is 25.1 Å². The first-order valence-corrected chi connectivity index (χ1v) is 8.09. The van der Waals surface area contributed by atoms with Crippen LogP contribution in [0.15, 0.2) is 48.5 Å². The van der Waals surface area contributed by atoms with Gasteiger partial charge in [-0.05, 0) is 37.1 Å². The van der Waals surface area contributed by atoms with E-state index in [4.69, 9.17) is 0 Å². The Morgan fingerprint density at radius 2 is 2.04 bits per heavy atom. The molecule has 1 amide bonds. The zero-order chi connectivity index (χ0) is 17.8. The first kappa shape index (κ1) is 16.9. The van der Waals surface area contributed by atoms with Crippen LogP contribution in [-0.2, 0) is 0 Å². The highest BCUT2D eigenvalue weighted by molar-refractivity contribution is 5.98. The van der Waals surface area contributed by atoms with Crippen molar-refractivity contribution in [2.75, 3.05) is 18.0 Å². The van der Waals surface area contributed by atoms with Crippen LogP contribution < -0.4 is 10.2 Å². The second-order valence-corrected chi connectivity index (χ2v) is 6.01. The first-order chi connectivity index (χ1) is 12.0. The summed E-state index contributed by atoms with van der Waals surface area (Å²) in [5, 5.41) is 13.9. The zero-order valence-electron chi connectivity index (χ0n) is 13.5. The Kier molecular flexibility index (Phi) is 4.92. The molecule has 130 valence electrons. The summed E-state index contributed by atoms with van der Waals surface area (Å²) in [6.07, 6.45) is 1.62. The highest BCUT2D eigenvalue weighted by atomic mass is 19.1. The number of piperidine rings is 1. The normalized spacial score (nSPS) is 17.2. The quantitative estimate of drug-likeness (QED) is 0.683. The lowest BCUT2D eigenvalue weighted by Gasteiger charge is -2.34. The molecule has 0 radical (unpaired) electrons. The van der Waals surface area contributed by atoms with E-state index in [1.54, 1.807) is 12.1 Å². The highest BCUT2D eigenvalue weighted by Gasteiger charge is 2.25. The molecule has 2 aromatic rings. The monoisotopic (exact) mass is 343 g/mol. The minimum absolute atomic E-state index is 0.0513. The Bertz CT molecular complexity index is 797. The smallest absolute Gasteiger partial charge is 0.282 e. The van der Waals surface area contributed by atoms with Gasteiger partial charge in [0.05, 0.1) is 4.92 Å². The van der Waals surface area contributed by atoms with Crippen LogP contribution in [0.3, 0.4) is 0 Å². The van der Waals surface area contributed by atoms with Crippen molar-refractivity contribution in [1.29, 1.82) is 0 Å². The van der Waals surface area contributed by atoms with Crippen LogP contribution in [0, 0.1) is 15.9 Å². The number of carbonyl (C=O) groups is 1. The molecule has 1 fully saturated rings. The topological polar surface area (TPSA) is 75.5 Å². The molecule has 0 saturated carbocycles. The van der Waals surface area contributed by atoms with Crippen LogP contribution in [0.25, 0.3) is 0 Å². The van der Waals surface area contributed by atoms with Gasteiger partial charge >= 0.3 is 0 Å². The molecule has 1 heterocycles. The van der Waals surface area contributed by atoms with Gasteiger partial charge in [0.15, 0.2) is 0 Å². The Morgan fingerprint density at radius 3 is 2.80 bits per heavy atom. The van der Waals surface area contributed by atoms with Gasteiger partial charge in [-0.15, -0.1) is 0 Å². The molecule has 0 unspecified atom stereocenters. The van der Waals surface area contributed by atoms with E-state index in [0.29, 0.717) is 6.54 Å². The number of nitrogens with one attached hydrogen (secondary N) is 1. The average molecular weight is 343 g/mol. The third kappa shape index (κ3) is 3.93. The van der Waals surface area contributed by atoms with E-state index in [1.807, 2.05) is 11.0 Å². The standard InChI is InChI=1S/C18H18FN3O3/c19-13-5-3-7-15(11-13)21-10-4-6-14(12-21)20-18(23)16-8-1-2-9-17(16)22(24)25/h1-3,5,7-9,11,14H,4,6,10,12H2,(H,20,23)/t14-/m0/s1. The third-order valence-electron chi connectivity index (χ3n) is 4.28. The van der Waals surface area contributed by atoms with Crippen molar-refractivity contribution in [3.8, 4) is 0 Å². The summed E-state index contributed by atoms with van der Waals surface area (Å²) >= 11 is 0. The SMILES string of the molecule is O=C(N[C@H]1CCCN(c2cccc(F)c2)C1)c1ccccc1[N+](=O)[O-]. The maximum absolute atomic E-state index is 13.4. The van der Waals surface area contributed by atoms with Gasteiger partial charge in [0, 0.05) is 30.9 Å². The maximum Gasteiger partial charge on any atom is 0.282 e. The molecule has 1 aliphatic rings. The van der Waals surface area contributed by atoms with Crippen molar-refractivity contribution >= 4 is 17.3 Å². The minimum Gasteiger partial charge on any atom is -0.369 e. The van der Waals surface area contributed by atoms with Crippen molar-refractivity contribution in [3.63, 3.8) is 0 Å². The van der Waals surface area contributed by atoms with Gasteiger partial charge in [-0.3, -0.25) is 14.9 Å². The molecular weight excluding hydrogens is 325 g/mol. The van der Waals surface area contributed by atoms with Gasteiger partial charge in [0.2, 0.25) is 0 Å². The largest absolute Gasteiger partial charge is 0.369 e. The fraction of sp³-hybridized carbons (Fsp3) is 0.278. The summed E-state index contributed by atoms with van der Waals surface area (Å²) in [4.78, 5) is 25.0. The van der Waals surface area contributed by atoms with E-state index in [9.17, 15) is 19.3 Å². The molecule has 3 rings (SSSR count). The van der Waals surface area contributed by atoms with Crippen molar-refractivity contribution in [2.24, 2.45) is 0 Å².